The Morgan fingerprint density at radius 2 is 2.33 bits per heavy atom. The normalized spacial score (nSPS) is 15.8. The third-order valence-corrected chi connectivity index (χ3v) is 2.38. The van der Waals surface area contributed by atoms with Gasteiger partial charge in [-0.3, -0.25) is 9.98 Å². The summed E-state index contributed by atoms with van der Waals surface area (Å²) in [5.41, 5.74) is 2.07. The van der Waals surface area contributed by atoms with E-state index in [-0.39, 0.29) is 0 Å². The maximum absolute atomic E-state index is 4.32. The zero-order valence-electron chi connectivity index (χ0n) is 6.37. The summed E-state index contributed by atoms with van der Waals surface area (Å²) in [7, 11) is 0. The van der Waals surface area contributed by atoms with E-state index in [1.807, 2.05) is 24.4 Å². The average molecular weight is 223 g/mol. The number of hydrogen-bond donors (Lipinski definition) is 0. The highest BCUT2D eigenvalue weighted by Crippen LogP contribution is 2.18. The fourth-order valence-electron chi connectivity index (χ4n) is 1.12. The number of aromatic nitrogens is 1. The van der Waals surface area contributed by atoms with E-state index in [4.69, 9.17) is 0 Å². The minimum absolute atomic E-state index is 0.769. The SMILES string of the molecule is BrC1=CCN=C1c1cccnc1. The van der Waals surface area contributed by atoms with Gasteiger partial charge in [0, 0.05) is 22.4 Å². The molecule has 1 aromatic rings. The molecule has 0 saturated carbocycles. The standard InChI is InChI=1S/C9H7BrN2/c10-8-3-5-12-9(8)7-2-1-4-11-6-7/h1-4,6H,5H2. The zero-order chi connectivity index (χ0) is 8.39. The fraction of sp³-hybridized carbons (Fsp3) is 0.111. The highest BCUT2D eigenvalue weighted by molar-refractivity contribution is 9.12. The molecule has 0 unspecified atom stereocenters. The van der Waals surface area contributed by atoms with Crippen LogP contribution in [0.2, 0.25) is 0 Å². The van der Waals surface area contributed by atoms with Gasteiger partial charge in [0.2, 0.25) is 0 Å². The molecule has 1 aliphatic rings. The first kappa shape index (κ1) is 7.68. The monoisotopic (exact) mass is 222 g/mol. The van der Waals surface area contributed by atoms with Crippen molar-refractivity contribution < 1.29 is 0 Å². The third-order valence-electron chi connectivity index (χ3n) is 1.68. The number of hydrogen-bond acceptors (Lipinski definition) is 2. The van der Waals surface area contributed by atoms with Crippen molar-refractivity contribution >= 4 is 21.6 Å². The van der Waals surface area contributed by atoms with Gasteiger partial charge in [-0.25, -0.2) is 0 Å². The van der Waals surface area contributed by atoms with Crippen LogP contribution in [0.5, 0.6) is 0 Å². The molecule has 0 bridgehead atoms. The minimum Gasteiger partial charge on any atom is -0.279 e. The lowest BCUT2D eigenvalue weighted by Gasteiger charge is -1.98. The maximum atomic E-state index is 4.32. The van der Waals surface area contributed by atoms with Gasteiger partial charge in [-0.1, -0.05) is 0 Å². The molecule has 0 fully saturated rings. The molecule has 0 aromatic carbocycles. The fourth-order valence-corrected chi connectivity index (χ4v) is 1.62. The molecule has 0 N–H and O–H groups in total. The summed E-state index contributed by atoms with van der Waals surface area (Å²) < 4.78 is 1.07. The first-order chi connectivity index (χ1) is 5.88. The van der Waals surface area contributed by atoms with Crippen molar-refractivity contribution in [2.75, 3.05) is 6.54 Å². The van der Waals surface area contributed by atoms with Crippen molar-refractivity contribution in [3.05, 3.63) is 40.6 Å². The van der Waals surface area contributed by atoms with Crippen molar-refractivity contribution in [1.29, 1.82) is 0 Å². The lowest BCUT2D eigenvalue weighted by molar-refractivity contribution is 1.27. The van der Waals surface area contributed by atoms with E-state index in [2.05, 4.69) is 25.9 Å². The second kappa shape index (κ2) is 3.19. The first-order valence-corrected chi connectivity index (χ1v) is 4.48. The number of nitrogens with zero attached hydrogens (tertiary/aromatic N) is 2. The van der Waals surface area contributed by atoms with Gasteiger partial charge in [0.1, 0.15) is 0 Å². The third kappa shape index (κ3) is 1.32. The van der Waals surface area contributed by atoms with Crippen LogP contribution in [0.3, 0.4) is 0 Å². The summed E-state index contributed by atoms with van der Waals surface area (Å²) in [6.07, 6.45) is 5.62. The van der Waals surface area contributed by atoms with E-state index in [1.54, 1.807) is 6.20 Å². The maximum Gasteiger partial charge on any atom is 0.0805 e. The van der Waals surface area contributed by atoms with E-state index in [9.17, 15) is 0 Å². The number of rotatable bonds is 1. The second-order valence-electron chi connectivity index (χ2n) is 2.48. The Labute approximate surface area is 79.2 Å². The van der Waals surface area contributed by atoms with E-state index in [0.717, 1.165) is 22.3 Å². The van der Waals surface area contributed by atoms with Gasteiger partial charge >= 0.3 is 0 Å². The van der Waals surface area contributed by atoms with Crippen molar-refractivity contribution in [2.24, 2.45) is 4.99 Å². The van der Waals surface area contributed by atoms with Crippen LogP contribution in [-0.2, 0) is 0 Å². The molecule has 0 saturated heterocycles. The van der Waals surface area contributed by atoms with E-state index in [1.165, 1.54) is 0 Å². The quantitative estimate of drug-likeness (QED) is 0.716. The lowest BCUT2D eigenvalue weighted by Crippen LogP contribution is -1.97. The molecule has 2 nitrogen and oxygen atoms in total. The Kier molecular flexibility index (Phi) is 2.04. The summed E-state index contributed by atoms with van der Waals surface area (Å²) >= 11 is 3.44. The van der Waals surface area contributed by atoms with Gasteiger partial charge in [-0.15, -0.1) is 0 Å². The molecule has 0 amide bonds. The van der Waals surface area contributed by atoms with Gasteiger partial charge in [-0.05, 0) is 34.1 Å². The molecule has 2 heterocycles. The second-order valence-corrected chi connectivity index (χ2v) is 3.34. The Morgan fingerprint density at radius 3 is 2.92 bits per heavy atom. The van der Waals surface area contributed by atoms with Gasteiger partial charge in [0.15, 0.2) is 0 Å². The van der Waals surface area contributed by atoms with Gasteiger partial charge in [0.25, 0.3) is 0 Å². The molecule has 1 aliphatic heterocycles. The number of aliphatic imine (C=N–C) groups is 1. The van der Waals surface area contributed by atoms with Crippen molar-refractivity contribution in [3.63, 3.8) is 0 Å². The number of halogens is 1. The van der Waals surface area contributed by atoms with Gasteiger partial charge in [-0.2, -0.15) is 0 Å². The molecule has 1 aromatic heterocycles. The van der Waals surface area contributed by atoms with Crippen LogP contribution in [0.4, 0.5) is 0 Å². The predicted molar refractivity (Wildman–Crippen MR) is 52.7 cm³/mol. The molecule has 0 aliphatic carbocycles. The number of pyridine rings is 1. The summed E-state index contributed by atoms with van der Waals surface area (Å²) in [4.78, 5) is 8.36. The van der Waals surface area contributed by atoms with Crippen LogP contribution < -0.4 is 0 Å². The van der Waals surface area contributed by atoms with E-state index < -0.39 is 0 Å². The highest BCUT2D eigenvalue weighted by Gasteiger charge is 2.10. The molecule has 12 heavy (non-hydrogen) atoms. The zero-order valence-corrected chi connectivity index (χ0v) is 7.95. The molecule has 3 heteroatoms. The molecule has 60 valence electrons. The molecular weight excluding hydrogens is 216 g/mol. The topological polar surface area (TPSA) is 25.2 Å². The van der Waals surface area contributed by atoms with Gasteiger partial charge < -0.3 is 0 Å². The van der Waals surface area contributed by atoms with Crippen molar-refractivity contribution in [3.8, 4) is 0 Å². The van der Waals surface area contributed by atoms with Crippen molar-refractivity contribution in [2.45, 2.75) is 0 Å². The van der Waals surface area contributed by atoms with Crippen LogP contribution in [0.15, 0.2) is 40.1 Å². The highest BCUT2D eigenvalue weighted by atomic mass is 79.9. The predicted octanol–water partition coefficient (Wildman–Crippen LogP) is 2.16. The van der Waals surface area contributed by atoms with Gasteiger partial charge in [0.05, 0.1) is 12.3 Å². The van der Waals surface area contributed by atoms with Crippen LogP contribution in [0.25, 0.3) is 0 Å². The average Bonchev–Trinajstić information content (AvgIpc) is 2.53. The van der Waals surface area contributed by atoms with E-state index >= 15 is 0 Å². The Hall–Kier alpha value is -0.960. The molecular formula is C9H7BrN2. The van der Waals surface area contributed by atoms with Crippen LogP contribution in [0, 0.1) is 0 Å². The smallest absolute Gasteiger partial charge is 0.0805 e. The lowest BCUT2D eigenvalue weighted by atomic mass is 10.2. The summed E-state index contributed by atoms with van der Waals surface area (Å²) in [6, 6.07) is 3.92. The Balaban J connectivity index is 2.39. The first-order valence-electron chi connectivity index (χ1n) is 3.69. The van der Waals surface area contributed by atoms with Crippen LogP contribution >= 0.6 is 15.9 Å². The molecule has 0 atom stereocenters. The molecule has 0 spiro atoms. The molecule has 0 radical (unpaired) electrons. The summed E-state index contributed by atoms with van der Waals surface area (Å²) in [6.45, 7) is 0.769. The van der Waals surface area contributed by atoms with Crippen molar-refractivity contribution in [1.82, 2.24) is 4.98 Å². The Bertz CT molecular complexity index is 341. The molecule has 2 rings (SSSR count). The summed E-state index contributed by atoms with van der Waals surface area (Å²) in [5.74, 6) is 0. The van der Waals surface area contributed by atoms with Crippen LogP contribution in [0.1, 0.15) is 5.56 Å². The van der Waals surface area contributed by atoms with E-state index in [0.29, 0.717) is 0 Å². The summed E-state index contributed by atoms with van der Waals surface area (Å²) in [5, 5.41) is 0. The number of allylic oxidation sites excluding steroid dienone is 1. The van der Waals surface area contributed by atoms with Crippen LogP contribution in [-0.4, -0.2) is 17.2 Å². The Morgan fingerprint density at radius 1 is 1.42 bits per heavy atom. The minimum atomic E-state index is 0.769. The largest absolute Gasteiger partial charge is 0.279 e.